The Morgan fingerprint density at radius 3 is 1.08 bits per heavy atom. The van der Waals surface area contributed by atoms with Crippen molar-refractivity contribution >= 4 is 78.6 Å². The van der Waals surface area contributed by atoms with Crippen LogP contribution in [0.5, 0.6) is 0 Å². The maximum absolute atomic E-state index is 13.3. The molecule has 0 saturated carbocycles. The lowest BCUT2D eigenvalue weighted by Crippen LogP contribution is -2.51. The number of carboxylic acids is 1. The number of aryl methyl sites for hydroxylation is 4. The van der Waals surface area contributed by atoms with Gasteiger partial charge in [0.1, 0.15) is 18.3 Å². The van der Waals surface area contributed by atoms with Gasteiger partial charge in [0.25, 0.3) is 0 Å². The van der Waals surface area contributed by atoms with Gasteiger partial charge in [-0.3, -0.25) is 14.4 Å². The molecule has 5 aliphatic rings. The largest absolute Gasteiger partial charge is 0.479 e. The van der Waals surface area contributed by atoms with E-state index in [0.29, 0.717) is 54.4 Å². The second kappa shape index (κ2) is 41.1. The monoisotopic (exact) mass is 1840 g/mol. The molecular weight excluding hydrogens is 1740 g/mol. The van der Waals surface area contributed by atoms with Crippen molar-refractivity contribution in [2.75, 3.05) is 53.2 Å². The Balaban J connectivity index is 0.000000213. The number of ether oxygens (including phenoxy) is 6. The molecule has 0 spiro atoms. The molecule has 5 saturated heterocycles. The lowest BCUT2D eigenvalue weighted by Gasteiger charge is -2.39. The Morgan fingerprint density at radius 1 is 0.447 bits per heavy atom. The van der Waals surface area contributed by atoms with Crippen LogP contribution in [0.15, 0.2) is 150 Å². The molecule has 4 N–H and O–H groups in total. The molecule has 5 aromatic carbocycles. The summed E-state index contributed by atoms with van der Waals surface area (Å²) in [4.78, 5) is 58.4. The molecule has 1 aromatic heterocycles. The summed E-state index contributed by atoms with van der Waals surface area (Å²) in [7, 11) is -17.6. The minimum absolute atomic E-state index is 0.00485. The normalized spacial score (nSPS) is 24.8. The van der Waals surface area contributed by atoms with Crippen molar-refractivity contribution in [2.24, 2.45) is 5.73 Å². The molecule has 27 nitrogen and oxygen atoms in total. The molecule has 10 atom stereocenters. The minimum atomic E-state index is -5.10. The number of carboxylic acid groups (broad SMARTS) is 1. The highest BCUT2D eigenvalue weighted by Crippen LogP contribution is 2.48. The molecule has 10 unspecified atom stereocenters. The van der Waals surface area contributed by atoms with Gasteiger partial charge in [-0.15, -0.1) is 10.2 Å². The summed E-state index contributed by atoms with van der Waals surface area (Å²) >= 11 is 0. The molecule has 6 heterocycles. The minimum Gasteiger partial charge on any atom is -0.479 e. The van der Waals surface area contributed by atoms with Crippen LogP contribution in [0, 0.1) is 27.7 Å². The Hall–Kier alpha value is -8.13. The maximum Gasteiger partial charge on any atom is 0.471 e. The fourth-order valence-electron chi connectivity index (χ4n) is 15.4. The van der Waals surface area contributed by atoms with E-state index in [9.17, 15) is 106 Å². The molecule has 123 heavy (non-hydrogen) atoms. The number of aliphatic carboxylic acids is 1. The molecule has 5 aliphatic heterocycles. The van der Waals surface area contributed by atoms with E-state index in [-0.39, 0.29) is 113 Å². The molecule has 11 rings (SSSR count). The van der Waals surface area contributed by atoms with Crippen molar-refractivity contribution in [3.63, 3.8) is 0 Å². The number of benzene rings is 5. The number of rotatable bonds is 23. The van der Waals surface area contributed by atoms with Crippen LogP contribution in [-0.2, 0) is 114 Å². The Labute approximate surface area is 709 Å². The highest BCUT2D eigenvalue weighted by atomic mass is 32.2. The number of nitrogens with one attached hydrogen (secondary N) is 1. The maximum atomic E-state index is 13.3. The quantitative estimate of drug-likeness (QED) is 0.0396. The zero-order valence-electron chi connectivity index (χ0n) is 69.3. The smallest absolute Gasteiger partial charge is 0.471 e. The highest BCUT2D eigenvalue weighted by Gasteiger charge is 2.55. The van der Waals surface area contributed by atoms with Crippen molar-refractivity contribution in [2.45, 2.75) is 256 Å². The summed E-state index contributed by atoms with van der Waals surface area (Å²) in [5.41, 5.74) is 7.69. The molecule has 1 amide bonds. The van der Waals surface area contributed by atoms with Crippen LogP contribution in [0.2, 0.25) is 0 Å². The van der Waals surface area contributed by atoms with Gasteiger partial charge in [0, 0.05) is 65.1 Å². The van der Waals surface area contributed by atoms with E-state index in [1.165, 1.54) is 25.4 Å². The number of amides is 1. The van der Waals surface area contributed by atoms with Crippen LogP contribution in [-0.4, -0.2) is 194 Å². The number of nitrogens with two attached hydrogens (primary N) is 1. The number of sulfone groups is 5. The fourth-order valence-corrected chi connectivity index (χ4v) is 26.4. The summed E-state index contributed by atoms with van der Waals surface area (Å²) in [6.07, 6.45) is -17.3. The van der Waals surface area contributed by atoms with Gasteiger partial charge in [-0.1, -0.05) is 89.2 Å². The zero-order chi connectivity index (χ0) is 92.0. The number of hydrogen-bond donors (Lipinski definition) is 3. The zero-order valence-corrected chi connectivity index (χ0v) is 73.4. The molecule has 682 valence electrons. The predicted octanol–water partition coefficient (Wildman–Crippen LogP) is 13.0. The number of aromatic nitrogens is 2. The standard InChI is InChI=1S/C18H22F3NO5S.C17H16F6N2O4S.C16H23NO4S.C16H22O5S.C15H20O5S/c1-3-17(28(25,26)13-6-4-5-12(2)9-13)7-8-27-15(10-17)14(23)11-22-16(24)18(19,20)21;1-2-15(30(26,27)11-5-3-4-10(8-11)16(18,19)20)6-7-28-12(9-15)13-24-25-14(29-13)17(21,22)23;1-3-16(7-8-21-15(10-16)14(18)11-17)22(19,20)13-6-4-5-12(2)9-13;1-4-16(8-9-21-14(11-16)15(17)20-3)22(18,19)13-7-5-6-12(2)10-13;1-3-15(7-8-20-13(10-15)14(16)17)21(18,19)12-6-4-5-11(2)9-12/h4-6,9,15H,3,7-8,10-11H2,1-2H3,(H,22,24);3-5,8,12H,2,6-7,9H2,1H3;4-6,9,15H,3,7-8,10-11,17H2,1-2H3;5-7,10,14H,4,8-9,11H2,1-3H3;4-6,9,13H,3,7-8,10H2,1-2H3,(H,16,17). The lowest BCUT2D eigenvalue weighted by molar-refractivity contribution is -0.174. The first-order valence-corrected chi connectivity index (χ1v) is 46.8. The SMILES string of the molecule is CCC1(S(=O)(=O)c2cccc(C(F)(F)F)c2)CCOC(c2nnc(C(F)(F)F)o2)C1.CCC1(S(=O)(=O)c2cccc(C)c2)CCOC(C(=O)CN)C1.CCC1(S(=O)(=O)c2cccc(C)c2)CCOC(C(=O)CNC(=O)C(F)(F)F)C1.CCC1(S(=O)(=O)c2cccc(C)c2)CCOC(C(=O)O)C1.CCC1(S(=O)(=O)c2cccc(C)c2)CCOC(C(=O)OC)C1. The second-order valence-corrected chi connectivity index (χ2v) is 42.4. The predicted molar refractivity (Wildman–Crippen MR) is 428 cm³/mol. The van der Waals surface area contributed by atoms with Crippen LogP contribution >= 0.6 is 0 Å². The summed E-state index contributed by atoms with van der Waals surface area (Å²) in [6, 6.07) is 30.3. The van der Waals surface area contributed by atoms with Crippen LogP contribution in [0.3, 0.4) is 0 Å². The van der Waals surface area contributed by atoms with Crippen molar-refractivity contribution in [3.05, 3.63) is 161 Å². The average Bonchev–Trinajstić information content (AvgIpc) is 1.05. The first-order chi connectivity index (χ1) is 57.3. The molecule has 41 heteroatoms. The van der Waals surface area contributed by atoms with E-state index in [0.717, 1.165) is 40.5 Å². The third-order valence-corrected chi connectivity index (χ3v) is 36.6. The number of nitrogens with zero attached hydrogens (tertiary/aromatic N) is 2. The molecule has 0 bridgehead atoms. The molecule has 5 fully saturated rings. The Morgan fingerprint density at radius 2 is 0.764 bits per heavy atom. The fraction of sp³-hybridized carbons (Fsp3) is 0.549. The number of esters is 1. The van der Waals surface area contributed by atoms with Gasteiger partial charge in [0.05, 0.1) is 74.0 Å². The molecule has 0 radical (unpaired) electrons. The highest BCUT2D eigenvalue weighted by molar-refractivity contribution is 7.94. The number of Topliss-reactive ketones (excluding diaryl/α,β-unsaturated/α-hetero) is 2. The van der Waals surface area contributed by atoms with E-state index in [4.69, 9.17) is 39.3 Å². The van der Waals surface area contributed by atoms with Crippen molar-refractivity contribution in [1.82, 2.24) is 15.5 Å². The van der Waals surface area contributed by atoms with Gasteiger partial charge < -0.3 is 49.0 Å². The number of hydrogen-bond acceptors (Lipinski definition) is 25. The van der Waals surface area contributed by atoms with E-state index in [1.807, 2.05) is 52.8 Å². The van der Waals surface area contributed by atoms with Gasteiger partial charge in [0.15, 0.2) is 73.0 Å². The summed E-state index contributed by atoms with van der Waals surface area (Å²) in [5, 5.41) is 16.8. The second-order valence-electron chi connectivity index (χ2n) is 30.7. The number of halogens is 9. The lowest BCUT2D eigenvalue weighted by atomic mass is 9.90. The summed E-state index contributed by atoms with van der Waals surface area (Å²) in [6.45, 7) is 15.5. The van der Waals surface area contributed by atoms with Crippen LogP contribution in [0.1, 0.15) is 177 Å². The van der Waals surface area contributed by atoms with Crippen molar-refractivity contribution < 1.29 is 144 Å². The number of alkyl halides is 9. The Bertz CT molecular complexity index is 5210. The summed E-state index contributed by atoms with van der Waals surface area (Å²) in [5.74, 6) is -7.03. The van der Waals surface area contributed by atoms with Crippen molar-refractivity contribution in [1.29, 1.82) is 0 Å². The topological polar surface area (TPSA) is 409 Å². The number of carbonyl (C=O) groups is 5. The van der Waals surface area contributed by atoms with Crippen LogP contribution in [0.4, 0.5) is 39.5 Å². The summed E-state index contributed by atoms with van der Waals surface area (Å²) < 4.78 is 276. The number of methoxy groups -OCH3 is 1. The average molecular weight is 1840 g/mol. The van der Waals surface area contributed by atoms with E-state index >= 15 is 0 Å². The van der Waals surface area contributed by atoms with E-state index in [1.54, 1.807) is 93.6 Å². The van der Waals surface area contributed by atoms with Gasteiger partial charge >= 0.3 is 42.3 Å². The van der Waals surface area contributed by atoms with Gasteiger partial charge in [-0.05, 0) is 181 Å². The first kappa shape index (κ1) is 102. The van der Waals surface area contributed by atoms with Crippen LogP contribution in [0.25, 0.3) is 0 Å². The molecule has 6 aromatic rings. The van der Waals surface area contributed by atoms with Gasteiger partial charge in [-0.2, -0.15) is 39.5 Å². The number of carbonyl (C=O) groups excluding carboxylic acids is 4. The van der Waals surface area contributed by atoms with E-state index in [2.05, 4.69) is 14.6 Å². The third kappa shape index (κ3) is 23.2. The van der Waals surface area contributed by atoms with E-state index < -0.39 is 174 Å². The molecule has 0 aliphatic carbocycles. The van der Waals surface area contributed by atoms with Gasteiger partial charge in [0.2, 0.25) is 5.89 Å². The first-order valence-electron chi connectivity index (χ1n) is 39.3. The van der Waals surface area contributed by atoms with Gasteiger partial charge in [-0.25, -0.2) is 51.7 Å². The van der Waals surface area contributed by atoms with Crippen molar-refractivity contribution in [3.8, 4) is 0 Å². The molecular formula is C82H103F9N4O23S5. The third-order valence-electron chi connectivity index (χ3n) is 23.2. The Kier molecular flexibility index (Phi) is 34.1. The van der Waals surface area contributed by atoms with Crippen LogP contribution < -0.4 is 11.1 Å². The number of ketones is 2.